The highest BCUT2D eigenvalue weighted by molar-refractivity contribution is 6.18. The molecule has 0 amide bonds. The second kappa shape index (κ2) is 4.01. The number of hydrogen-bond donors (Lipinski definition) is 0. The van der Waals surface area contributed by atoms with Crippen LogP contribution in [-0.4, -0.2) is 14.2 Å². The number of benzene rings is 2. The first-order valence-electron chi connectivity index (χ1n) is 6.61. The average molecular weight is 262 g/mol. The predicted molar refractivity (Wildman–Crippen MR) is 80.2 cm³/mol. The van der Waals surface area contributed by atoms with Gasteiger partial charge in [-0.05, 0) is 56.3 Å². The van der Waals surface area contributed by atoms with E-state index in [9.17, 15) is 0 Å². The van der Waals surface area contributed by atoms with Crippen LogP contribution in [0.3, 0.4) is 0 Å². The molecule has 2 nitrogen and oxygen atoms in total. The molecular weight excluding hydrogens is 248 g/mol. The summed E-state index contributed by atoms with van der Waals surface area (Å²) in [5.41, 5.74) is 2.58. The lowest BCUT2D eigenvalue weighted by molar-refractivity contribution is 0.354. The van der Waals surface area contributed by atoms with Crippen molar-refractivity contribution >= 4 is 23.3 Å². The highest BCUT2D eigenvalue weighted by Gasteiger charge is 2.16. The molecule has 2 heteroatoms. The fourth-order valence-corrected chi connectivity index (χ4v) is 3.03. The maximum absolute atomic E-state index is 5.41. The first-order valence-corrected chi connectivity index (χ1v) is 6.61. The Balaban J connectivity index is 2.14. The van der Waals surface area contributed by atoms with Gasteiger partial charge in [0.05, 0.1) is 14.2 Å². The van der Waals surface area contributed by atoms with E-state index < -0.39 is 0 Å². The first-order chi connectivity index (χ1) is 9.81. The van der Waals surface area contributed by atoms with Crippen molar-refractivity contribution in [3.63, 3.8) is 0 Å². The molecule has 2 aliphatic carbocycles. The number of rotatable bonds is 2. The van der Waals surface area contributed by atoms with Crippen molar-refractivity contribution < 1.29 is 9.47 Å². The molecule has 0 atom stereocenters. The molecule has 98 valence electrons. The summed E-state index contributed by atoms with van der Waals surface area (Å²) in [7, 11) is 3.34. The van der Waals surface area contributed by atoms with Crippen molar-refractivity contribution in [1.29, 1.82) is 0 Å². The maximum atomic E-state index is 5.41. The Morgan fingerprint density at radius 1 is 0.700 bits per heavy atom. The Hall–Kier alpha value is -2.48. The summed E-state index contributed by atoms with van der Waals surface area (Å²) in [6.07, 6.45) is 4.48. The minimum atomic E-state index is 0.775. The van der Waals surface area contributed by atoms with Crippen molar-refractivity contribution in [2.75, 3.05) is 14.2 Å². The molecule has 2 aliphatic rings. The van der Waals surface area contributed by atoms with Crippen LogP contribution in [0.4, 0.5) is 0 Å². The molecule has 20 heavy (non-hydrogen) atoms. The molecule has 0 spiro atoms. The van der Waals surface area contributed by atoms with Gasteiger partial charge in [-0.2, -0.15) is 0 Å². The van der Waals surface area contributed by atoms with E-state index in [-0.39, 0.29) is 0 Å². The monoisotopic (exact) mass is 262 g/mol. The van der Waals surface area contributed by atoms with Crippen molar-refractivity contribution in [2.45, 2.75) is 0 Å². The SMILES string of the molecule is COc1cc2c(cc1OC)=C1C=c3ccccc3=C1C=2. The van der Waals surface area contributed by atoms with E-state index in [0.717, 1.165) is 11.5 Å². The minimum Gasteiger partial charge on any atom is -0.493 e. The van der Waals surface area contributed by atoms with Gasteiger partial charge in [0, 0.05) is 0 Å². The van der Waals surface area contributed by atoms with Gasteiger partial charge < -0.3 is 9.47 Å². The first kappa shape index (κ1) is 11.4. The summed E-state index contributed by atoms with van der Waals surface area (Å²) in [6, 6.07) is 12.6. The molecule has 0 unspecified atom stereocenters. The zero-order valence-corrected chi connectivity index (χ0v) is 11.4. The second-order valence-electron chi connectivity index (χ2n) is 5.00. The smallest absolute Gasteiger partial charge is 0.161 e. The lowest BCUT2D eigenvalue weighted by Gasteiger charge is -2.06. The normalized spacial score (nSPS) is 14.1. The summed E-state index contributed by atoms with van der Waals surface area (Å²) in [6.45, 7) is 0. The van der Waals surface area contributed by atoms with Crippen LogP contribution in [0.15, 0.2) is 36.4 Å². The van der Waals surface area contributed by atoms with Crippen molar-refractivity contribution in [3.05, 3.63) is 57.3 Å². The molecule has 0 saturated carbocycles. The summed E-state index contributed by atoms with van der Waals surface area (Å²) in [4.78, 5) is 0. The molecule has 0 radical (unpaired) electrons. The second-order valence-corrected chi connectivity index (χ2v) is 5.00. The van der Waals surface area contributed by atoms with E-state index in [4.69, 9.17) is 9.47 Å². The highest BCUT2D eigenvalue weighted by Crippen LogP contribution is 2.25. The Kier molecular flexibility index (Phi) is 2.27. The molecular formula is C18H14O2. The number of methoxy groups -OCH3 is 2. The van der Waals surface area contributed by atoms with Crippen LogP contribution in [0.5, 0.6) is 11.5 Å². The molecule has 2 aromatic rings. The molecule has 0 aromatic heterocycles. The zero-order valence-electron chi connectivity index (χ0n) is 11.4. The fourth-order valence-electron chi connectivity index (χ4n) is 3.03. The third kappa shape index (κ3) is 1.39. The van der Waals surface area contributed by atoms with E-state index in [1.807, 2.05) is 6.07 Å². The van der Waals surface area contributed by atoms with Gasteiger partial charge in [-0.3, -0.25) is 0 Å². The molecule has 2 aromatic carbocycles. The Labute approximate surface area is 116 Å². The average Bonchev–Trinajstić information content (AvgIpc) is 3.01. The molecule has 4 rings (SSSR count). The van der Waals surface area contributed by atoms with Crippen molar-refractivity contribution in [3.8, 4) is 11.5 Å². The maximum Gasteiger partial charge on any atom is 0.161 e. The van der Waals surface area contributed by atoms with Crippen LogP contribution < -0.4 is 30.3 Å². The standard InChI is InChI=1S/C18H14O2/c1-19-17-9-12-8-15-13-6-4-3-5-11(13)7-16(15)14(12)10-18(17)20-2/h3-10H,1-2H3. The third-order valence-corrected chi connectivity index (χ3v) is 3.99. The quantitative estimate of drug-likeness (QED) is 0.775. The summed E-state index contributed by atoms with van der Waals surface area (Å²) in [5, 5.41) is 5.00. The van der Waals surface area contributed by atoms with Gasteiger partial charge in [-0.1, -0.05) is 24.3 Å². The van der Waals surface area contributed by atoms with Gasteiger partial charge in [0.2, 0.25) is 0 Å². The van der Waals surface area contributed by atoms with E-state index in [2.05, 4.69) is 42.5 Å². The molecule has 0 saturated heterocycles. The minimum absolute atomic E-state index is 0.775. The lowest BCUT2D eigenvalue weighted by Crippen LogP contribution is -2.24. The van der Waals surface area contributed by atoms with Gasteiger partial charge in [-0.25, -0.2) is 0 Å². The number of ether oxygens (including phenoxy) is 2. The van der Waals surface area contributed by atoms with Crippen LogP contribution >= 0.6 is 0 Å². The van der Waals surface area contributed by atoms with Gasteiger partial charge >= 0.3 is 0 Å². The Morgan fingerprint density at radius 3 is 2.15 bits per heavy atom. The molecule has 0 aliphatic heterocycles. The summed E-state index contributed by atoms with van der Waals surface area (Å²) >= 11 is 0. The van der Waals surface area contributed by atoms with E-state index >= 15 is 0 Å². The summed E-state index contributed by atoms with van der Waals surface area (Å²) < 4.78 is 10.8. The van der Waals surface area contributed by atoms with Crippen molar-refractivity contribution in [1.82, 2.24) is 0 Å². The third-order valence-electron chi connectivity index (χ3n) is 3.99. The van der Waals surface area contributed by atoms with Gasteiger partial charge in [0.25, 0.3) is 0 Å². The molecule has 0 N–H and O–H groups in total. The Morgan fingerprint density at radius 2 is 1.35 bits per heavy atom. The van der Waals surface area contributed by atoms with Crippen molar-refractivity contribution in [2.24, 2.45) is 0 Å². The van der Waals surface area contributed by atoms with Crippen LogP contribution in [-0.2, 0) is 0 Å². The Bertz CT molecular complexity index is 965. The van der Waals surface area contributed by atoms with Crippen LogP contribution in [0.1, 0.15) is 0 Å². The topological polar surface area (TPSA) is 18.5 Å². The van der Waals surface area contributed by atoms with E-state index in [0.29, 0.717) is 0 Å². The van der Waals surface area contributed by atoms with E-state index in [1.54, 1.807) is 14.2 Å². The lowest BCUT2D eigenvalue weighted by atomic mass is 10.1. The van der Waals surface area contributed by atoms with Gasteiger partial charge in [0.1, 0.15) is 0 Å². The van der Waals surface area contributed by atoms with Gasteiger partial charge in [-0.15, -0.1) is 0 Å². The highest BCUT2D eigenvalue weighted by atomic mass is 16.5. The van der Waals surface area contributed by atoms with E-state index in [1.165, 1.54) is 32.0 Å². The van der Waals surface area contributed by atoms with Gasteiger partial charge in [0.15, 0.2) is 11.5 Å². The number of hydrogen-bond acceptors (Lipinski definition) is 2. The zero-order chi connectivity index (χ0) is 13.7. The fraction of sp³-hybridized carbons (Fsp3) is 0.111. The van der Waals surface area contributed by atoms with Crippen LogP contribution in [0.25, 0.3) is 23.3 Å². The van der Waals surface area contributed by atoms with Crippen LogP contribution in [0, 0.1) is 0 Å². The largest absolute Gasteiger partial charge is 0.493 e. The molecule has 0 bridgehead atoms. The molecule has 0 fully saturated rings. The predicted octanol–water partition coefficient (Wildman–Crippen LogP) is 0.294. The number of fused-ring (bicyclic) bond motifs is 3. The van der Waals surface area contributed by atoms with Crippen LogP contribution in [0.2, 0.25) is 0 Å². The summed E-state index contributed by atoms with van der Waals surface area (Å²) in [5.74, 6) is 1.55. The molecule has 0 heterocycles.